The van der Waals surface area contributed by atoms with Crippen molar-refractivity contribution in [3.05, 3.63) is 204 Å². The van der Waals surface area contributed by atoms with Gasteiger partial charge in [-0.3, -0.25) is 0 Å². The van der Waals surface area contributed by atoms with Crippen molar-refractivity contribution in [3.8, 4) is 55.6 Å². The Bertz CT molecular complexity index is 2440. The predicted octanol–water partition coefficient (Wildman–Crippen LogP) is 12.6. The van der Waals surface area contributed by atoms with Gasteiger partial charge in [0.25, 0.3) is 0 Å². The first-order chi connectivity index (χ1) is 23.8. The molecule has 0 spiro atoms. The van der Waals surface area contributed by atoms with Crippen molar-refractivity contribution in [3.63, 3.8) is 0 Å². The molecular formula is C48H32. The molecule has 0 fully saturated rings. The van der Waals surface area contributed by atoms with Gasteiger partial charge in [-0.15, -0.1) is 0 Å². The number of benzene rings is 8. The van der Waals surface area contributed by atoms with Crippen molar-refractivity contribution in [2.24, 2.45) is 0 Å². The van der Waals surface area contributed by atoms with Gasteiger partial charge in [-0.1, -0.05) is 158 Å². The zero-order chi connectivity index (χ0) is 31.6. The molecule has 2 aliphatic rings. The van der Waals surface area contributed by atoms with Gasteiger partial charge in [0.1, 0.15) is 0 Å². The van der Waals surface area contributed by atoms with E-state index in [9.17, 15) is 0 Å². The first-order valence-corrected chi connectivity index (χ1v) is 16.9. The molecule has 0 bridgehead atoms. The summed E-state index contributed by atoms with van der Waals surface area (Å²) < 4.78 is 0. The summed E-state index contributed by atoms with van der Waals surface area (Å²) in [7, 11) is 0. The summed E-state index contributed by atoms with van der Waals surface area (Å²) in [5.74, 6) is 0.180. The zero-order valence-electron chi connectivity index (χ0n) is 26.5. The van der Waals surface area contributed by atoms with Gasteiger partial charge < -0.3 is 0 Å². The van der Waals surface area contributed by atoms with Crippen LogP contribution in [-0.2, 0) is 6.42 Å². The molecule has 0 saturated carbocycles. The second kappa shape index (κ2) is 10.8. The van der Waals surface area contributed by atoms with Gasteiger partial charge in [-0.25, -0.2) is 0 Å². The third-order valence-corrected chi connectivity index (χ3v) is 10.6. The molecule has 0 saturated heterocycles. The maximum Gasteiger partial charge on any atom is 0.0358 e. The van der Waals surface area contributed by atoms with Crippen LogP contribution in [0.4, 0.5) is 0 Å². The molecule has 0 heteroatoms. The van der Waals surface area contributed by atoms with E-state index in [1.807, 2.05) is 0 Å². The van der Waals surface area contributed by atoms with Crippen molar-refractivity contribution in [1.29, 1.82) is 0 Å². The average Bonchev–Trinajstić information content (AvgIpc) is 3.72. The molecule has 10 rings (SSSR count). The van der Waals surface area contributed by atoms with Gasteiger partial charge in [-0.05, 0) is 119 Å². The van der Waals surface area contributed by atoms with E-state index in [0.29, 0.717) is 0 Å². The Morgan fingerprint density at radius 2 is 0.896 bits per heavy atom. The molecule has 2 aliphatic carbocycles. The summed E-state index contributed by atoms with van der Waals surface area (Å²) in [5, 5.41) is 2.74. The van der Waals surface area contributed by atoms with E-state index >= 15 is 0 Å². The van der Waals surface area contributed by atoms with Crippen LogP contribution in [0.2, 0.25) is 0 Å². The van der Waals surface area contributed by atoms with Gasteiger partial charge >= 0.3 is 0 Å². The highest BCUT2D eigenvalue weighted by molar-refractivity contribution is 6.10. The van der Waals surface area contributed by atoms with Gasteiger partial charge in [0.05, 0.1) is 0 Å². The van der Waals surface area contributed by atoms with Crippen LogP contribution in [0, 0.1) is 0 Å². The van der Waals surface area contributed by atoms with E-state index in [4.69, 9.17) is 0 Å². The summed E-state index contributed by atoms with van der Waals surface area (Å²) >= 11 is 0. The average molecular weight is 609 g/mol. The van der Waals surface area contributed by atoms with Gasteiger partial charge in [0, 0.05) is 5.92 Å². The van der Waals surface area contributed by atoms with E-state index in [0.717, 1.165) is 6.42 Å². The number of rotatable bonds is 4. The Balaban J connectivity index is 1.14. The molecule has 0 aliphatic heterocycles. The third-order valence-electron chi connectivity index (χ3n) is 10.6. The van der Waals surface area contributed by atoms with E-state index in [-0.39, 0.29) is 5.92 Å². The molecular weight excluding hydrogens is 577 g/mol. The fourth-order valence-corrected chi connectivity index (χ4v) is 8.46. The lowest BCUT2D eigenvalue weighted by Gasteiger charge is -2.20. The standard InChI is InChI=1S/C48H32/c1-3-13-31(14-4-1)36-27-37(32-15-5-2-6-16-32)29-38(28-36)33-23-25-34(26-24-33)45-40-19-9-11-21-42(40)47-44-30-35-17-7-8-18-39(35)46(44)41-20-10-12-22-43(41)48(45)47/h1-29,45H,30H2. The van der Waals surface area contributed by atoms with Gasteiger partial charge in [-0.2, -0.15) is 0 Å². The van der Waals surface area contributed by atoms with Gasteiger partial charge in [0.2, 0.25) is 0 Å². The lowest BCUT2D eigenvalue weighted by atomic mass is 9.83. The fourth-order valence-electron chi connectivity index (χ4n) is 8.46. The largest absolute Gasteiger partial charge is 0.0622 e. The highest BCUT2D eigenvalue weighted by atomic mass is 14.4. The fraction of sp³-hybridized carbons (Fsp3) is 0.0417. The summed E-state index contributed by atoms with van der Waals surface area (Å²) in [6.45, 7) is 0. The molecule has 1 unspecified atom stereocenters. The van der Waals surface area contributed by atoms with E-state index in [1.165, 1.54) is 94.2 Å². The van der Waals surface area contributed by atoms with Crippen molar-refractivity contribution in [2.45, 2.75) is 12.3 Å². The summed E-state index contributed by atoms with van der Waals surface area (Å²) in [5.41, 5.74) is 20.2. The van der Waals surface area contributed by atoms with E-state index < -0.39 is 0 Å². The van der Waals surface area contributed by atoms with Crippen LogP contribution in [0.25, 0.3) is 66.4 Å². The Hall–Kier alpha value is -5.98. The minimum atomic E-state index is 0.180. The maximum absolute atomic E-state index is 2.38. The monoisotopic (exact) mass is 608 g/mol. The smallest absolute Gasteiger partial charge is 0.0358 e. The minimum absolute atomic E-state index is 0.180. The molecule has 0 N–H and O–H groups in total. The molecule has 0 aromatic heterocycles. The van der Waals surface area contributed by atoms with Crippen LogP contribution in [0.5, 0.6) is 0 Å². The maximum atomic E-state index is 2.38. The third kappa shape index (κ3) is 4.16. The predicted molar refractivity (Wildman–Crippen MR) is 201 cm³/mol. The number of hydrogen-bond donors (Lipinski definition) is 0. The second-order valence-corrected chi connectivity index (χ2v) is 13.2. The molecule has 8 aromatic rings. The first-order valence-electron chi connectivity index (χ1n) is 16.9. The number of fused-ring (bicyclic) bond motifs is 10. The lowest BCUT2D eigenvalue weighted by Crippen LogP contribution is -2.01. The van der Waals surface area contributed by atoms with Crippen molar-refractivity contribution < 1.29 is 0 Å². The number of hydrogen-bond acceptors (Lipinski definition) is 0. The Kier molecular flexibility index (Phi) is 6.11. The van der Waals surface area contributed by atoms with Crippen LogP contribution >= 0.6 is 0 Å². The highest BCUT2D eigenvalue weighted by Crippen LogP contribution is 2.57. The second-order valence-electron chi connectivity index (χ2n) is 13.2. The summed E-state index contributed by atoms with van der Waals surface area (Å²) in [6.07, 6.45) is 0.986. The van der Waals surface area contributed by atoms with E-state index in [2.05, 4.69) is 176 Å². The molecule has 1 atom stereocenters. The topological polar surface area (TPSA) is 0 Å². The molecule has 8 aromatic carbocycles. The van der Waals surface area contributed by atoms with Crippen LogP contribution in [-0.4, -0.2) is 0 Å². The molecule has 48 heavy (non-hydrogen) atoms. The van der Waals surface area contributed by atoms with Crippen molar-refractivity contribution >= 4 is 10.8 Å². The van der Waals surface area contributed by atoms with E-state index in [1.54, 1.807) is 0 Å². The zero-order valence-corrected chi connectivity index (χ0v) is 26.5. The quantitative estimate of drug-likeness (QED) is 0.186. The normalized spacial score (nSPS) is 14.0. The van der Waals surface area contributed by atoms with Crippen LogP contribution in [0.15, 0.2) is 176 Å². The Morgan fingerprint density at radius 3 is 1.56 bits per heavy atom. The van der Waals surface area contributed by atoms with Crippen LogP contribution in [0.1, 0.15) is 33.7 Å². The molecule has 0 amide bonds. The minimum Gasteiger partial charge on any atom is -0.0622 e. The molecule has 0 radical (unpaired) electrons. The molecule has 0 heterocycles. The lowest BCUT2D eigenvalue weighted by molar-refractivity contribution is 1.02. The summed E-state index contributed by atoms with van der Waals surface area (Å²) in [4.78, 5) is 0. The van der Waals surface area contributed by atoms with Gasteiger partial charge in [0.15, 0.2) is 0 Å². The van der Waals surface area contributed by atoms with Crippen molar-refractivity contribution in [1.82, 2.24) is 0 Å². The van der Waals surface area contributed by atoms with Crippen molar-refractivity contribution in [2.75, 3.05) is 0 Å². The molecule has 0 nitrogen and oxygen atoms in total. The van der Waals surface area contributed by atoms with Crippen LogP contribution in [0.3, 0.4) is 0 Å². The Labute approximate surface area is 281 Å². The molecule has 224 valence electrons. The Morgan fingerprint density at radius 1 is 0.375 bits per heavy atom. The first kappa shape index (κ1) is 27.2. The highest BCUT2D eigenvalue weighted by Gasteiger charge is 2.37. The van der Waals surface area contributed by atoms with Crippen LogP contribution < -0.4 is 0 Å². The SMILES string of the molecule is c1ccc(-c2cc(-c3ccccc3)cc(-c3ccc(C4c5ccccc5-c5c6c(c7ccccc7c54)-c4ccccc4C6)cc3)c2)cc1. The summed E-state index contributed by atoms with van der Waals surface area (Å²) in [6, 6.07) is 65.1.